The summed E-state index contributed by atoms with van der Waals surface area (Å²) in [4.78, 5) is 10.0. The van der Waals surface area contributed by atoms with Crippen molar-refractivity contribution < 1.29 is 18.1 Å². The largest absolute Gasteiger partial charge is 0.393 e. The summed E-state index contributed by atoms with van der Waals surface area (Å²) in [5.74, 6) is 0. The number of rotatable bonds is 7. The fourth-order valence-corrected chi connectivity index (χ4v) is 3.35. The smallest absolute Gasteiger partial charge is 0.293 e. The van der Waals surface area contributed by atoms with Crippen LogP contribution in [0, 0.1) is 17.0 Å². The molecule has 0 aliphatic carbocycles. The minimum Gasteiger partial charge on any atom is -0.393 e. The first-order valence-electron chi connectivity index (χ1n) is 6.24. The van der Waals surface area contributed by atoms with Crippen molar-refractivity contribution in [1.29, 1.82) is 0 Å². The zero-order chi connectivity index (χ0) is 16.2. The van der Waals surface area contributed by atoms with E-state index >= 15 is 0 Å². The van der Waals surface area contributed by atoms with Crippen LogP contribution in [0.3, 0.4) is 0 Å². The van der Waals surface area contributed by atoms with Gasteiger partial charge in [-0.25, -0.2) is 13.1 Å². The molecule has 1 aromatic carbocycles. The van der Waals surface area contributed by atoms with Crippen LogP contribution < -0.4 is 10.5 Å². The van der Waals surface area contributed by atoms with E-state index in [1.165, 1.54) is 20.1 Å². The standard InChI is InChI=1S/C12H19N3O5S/c1-8-6-10(13)11(15(16)17)7-12(8)21(18,19)14-9(2)4-5-20-3/h6-7,9,14H,4-5,13H2,1-3H3. The maximum absolute atomic E-state index is 12.3. The Morgan fingerprint density at radius 2 is 2.10 bits per heavy atom. The molecule has 8 nitrogen and oxygen atoms in total. The highest BCUT2D eigenvalue weighted by molar-refractivity contribution is 7.89. The molecule has 1 unspecified atom stereocenters. The lowest BCUT2D eigenvalue weighted by atomic mass is 10.2. The molecule has 9 heteroatoms. The molecule has 1 atom stereocenters. The fourth-order valence-electron chi connectivity index (χ4n) is 1.83. The molecule has 1 aromatic rings. The van der Waals surface area contributed by atoms with Crippen LogP contribution in [-0.4, -0.2) is 33.1 Å². The Morgan fingerprint density at radius 3 is 2.62 bits per heavy atom. The molecule has 0 saturated heterocycles. The van der Waals surface area contributed by atoms with E-state index in [0.717, 1.165) is 6.07 Å². The van der Waals surface area contributed by atoms with E-state index in [1.807, 2.05) is 0 Å². The molecule has 0 spiro atoms. The molecule has 0 radical (unpaired) electrons. The number of ether oxygens (including phenoxy) is 1. The normalized spacial score (nSPS) is 13.1. The number of nitro benzene ring substituents is 1. The fraction of sp³-hybridized carbons (Fsp3) is 0.500. The maximum Gasteiger partial charge on any atom is 0.293 e. The second-order valence-electron chi connectivity index (χ2n) is 4.74. The summed E-state index contributed by atoms with van der Waals surface area (Å²) in [7, 11) is -2.34. The Labute approximate surface area is 123 Å². The van der Waals surface area contributed by atoms with Crippen LogP contribution in [0.1, 0.15) is 18.9 Å². The van der Waals surface area contributed by atoms with Crippen molar-refractivity contribution in [3.8, 4) is 0 Å². The van der Waals surface area contributed by atoms with E-state index in [0.29, 0.717) is 18.6 Å². The molecule has 0 aliphatic rings. The number of nitrogens with one attached hydrogen (secondary N) is 1. The lowest BCUT2D eigenvalue weighted by molar-refractivity contribution is -0.384. The summed E-state index contributed by atoms with van der Waals surface area (Å²) < 4.78 is 31.9. The van der Waals surface area contributed by atoms with Gasteiger partial charge in [0.1, 0.15) is 5.69 Å². The molecule has 0 heterocycles. The minimum absolute atomic E-state index is 0.0659. The van der Waals surface area contributed by atoms with Crippen molar-refractivity contribution in [2.75, 3.05) is 19.5 Å². The van der Waals surface area contributed by atoms with E-state index in [2.05, 4.69) is 4.72 Å². The van der Waals surface area contributed by atoms with E-state index in [4.69, 9.17) is 10.5 Å². The molecule has 21 heavy (non-hydrogen) atoms. The lowest BCUT2D eigenvalue weighted by Crippen LogP contribution is -2.33. The van der Waals surface area contributed by atoms with Crippen LogP contribution in [-0.2, 0) is 14.8 Å². The Bertz CT molecular complexity index is 630. The number of hydrogen-bond acceptors (Lipinski definition) is 6. The monoisotopic (exact) mass is 317 g/mol. The summed E-state index contributed by atoms with van der Waals surface area (Å²) >= 11 is 0. The number of nitro groups is 1. The number of methoxy groups -OCH3 is 1. The Hall–Kier alpha value is -1.71. The van der Waals surface area contributed by atoms with Gasteiger partial charge in [-0.1, -0.05) is 0 Å². The molecule has 0 aromatic heterocycles. The van der Waals surface area contributed by atoms with Gasteiger partial charge in [0.25, 0.3) is 5.69 Å². The van der Waals surface area contributed by atoms with Crippen molar-refractivity contribution in [2.45, 2.75) is 31.2 Å². The number of aryl methyl sites for hydroxylation is 1. The van der Waals surface area contributed by atoms with Crippen LogP contribution in [0.25, 0.3) is 0 Å². The van der Waals surface area contributed by atoms with E-state index in [1.54, 1.807) is 6.92 Å². The third kappa shape index (κ3) is 4.38. The van der Waals surface area contributed by atoms with Gasteiger partial charge in [-0.2, -0.15) is 0 Å². The molecular weight excluding hydrogens is 298 g/mol. The Kier molecular flexibility index (Phi) is 5.64. The number of hydrogen-bond donors (Lipinski definition) is 2. The molecule has 1 rings (SSSR count). The first-order valence-corrected chi connectivity index (χ1v) is 7.73. The summed E-state index contributed by atoms with van der Waals surface area (Å²) in [5, 5.41) is 10.9. The minimum atomic E-state index is -3.86. The molecule has 0 aliphatic heterocycles. The number of nitrogen functional groups attached to an aromatic ring is 1. The second kappa shape index (κ2) is 6.83. The maximum atomic E-state index is 12.3. The number of nitrogens with two attached hydrogens (primary N) is 1. The van der Waals surface area contributed by atoms with Crippen molar-refractivity contribution in [1.82, 2.24) is 4.72 Å². The predicted molar refractivity (Wildman–Crippen MR) is 78.5 cm³/mol. The first-order chi connectivity index (χ1) is 9.69. The van der Waals surface area contributed by atoms with Gasteiger partial charge in [0.15, 0.2) is 0 Å². The topological polar surface area (TPSA) is 125 Å². The van der Waals surface area contributed by atoms with Crippen LogP contribution in [0.5, 0.6) is 0 Å². The highest BCUT2D eigenvalue weighted by Crippen LogP contribution is 2.28. The molecule has 0 bridgehead atoms. The van der Waals surface area contributed by atoms with Crippen LogP contribution >= 0.6 is 0 Å². The Balaban J connectivity index is 3.13. The Morgan fingerprint density at radius 1 is 1.48 bits per heavy atom. The van der Waals surface area contributed by atoms with Gasteiger partial charge < -0.3 is 10.5 Å². The average Bonchev–Trinajstić information content (AvgIpc) is 2.34. The van der Waals surface area contributed by atoms with Crippen molar-refractivity contribution >= 4 is 21.4 Å². The number of nitrogens with zero attached hydrogens (tertiary/aromatic N) is 1. The van der Waals surface area contributed by atoms with Gasteiger partial charge in [-0.05, 0) is 31.9 Å². The predicted octanol–water partition coefficient (Wildman–Crippen LogP) is 1.19. The highest BCUT2D eigenvalue weighted by atomic mass is 32.2. The zero-order valence-corrected chi connectivity index (χ0v) is 12.9. The third-order valence-electron chi connectivity index (χ3n) is 2.92. The van der Waals surface area contributed by atoms with Crippen LogP contribution in [0.15, 0.2) is 17.0 Å². The van der Waals surface area contributed by atoms with Crippen LogP contribution in [0.4, 0.5) is 11.4 Å². The third-order valence-corrected chi connectivity index (χ3v) is 4.65. The molecule has 0 fully saturated rings. The van der Waals surface area contributed by atoms with E-state index < -0.39 is 20.6 Å². The van der Waals surface area contributed by atoms with E-state index in [-0.39, 0.29) is 16.6 Å². The number of sulfonamides is 1. The van der Waals surface area contributed by atoms with Gasteiger partial charge in [0.05, 0.1) is 9.82 Å². The quantitative estimate of drug-likeness (QED) is 0.442. The SMILES string of the molecule is COCCC(C)NS(=O)(=O)c1cc([N+](=O)[O-])c(N)cc1C. The second-order valence-corrected chi connectivity index (χ2v) is 6.42. The van der Waals surface area contributed by atoms with Crippen molar-refractivity contribution in [2.24, 2.45) is 0 Å². The lowest BCUT2D eigenvalue weighted by Gasteiger charge is -2.15. The zero-order valence-electron chi connectivity index (χ0n) is 12.1. The first kappa shape index (κ1) is 17.3. The van der Waals surface area contributed by atoms with Gasteiger partial charge >= 0.3 is 0 Å². The highest BCUT2D eigenvalue weighted by Gasteiger charge is 2.24. The molecule has 3 N–H and O–H groups in total. The molecule has 0 saturated carbocycles. The van der Waals surface area contributed by atoms with Gasteiger partial charge in [-0.15, -0.1) is 0 Å². The molecular formula is C12H19N3O5S. The van der Waals surface area contributed by atoms with Crippen molar-refractivity contribution in [3.63, 3.8) is 0 Å². The molecule has 0 amide bonds. The molecule has 118 valence electrons. The summed E-state index contributed by atoms with van der Waals surface area (Å²) in [6.07, 6.45) is 0.492. The number of anilines is 1. The van der Waals surface area contributed by atoms with Gasteiger partial charge in [0.2, 0.25) is 10.0 Å². The van der Waals surface area contributed by atoms with Gasteiger partial charge in [0, 0.05) is 25.8 Å². The van der Waals surface area contributed by atoms with Crippen LogP contribution in [0.2, 0.25) is 0 Å². The average molecular weight is 317 g/mol. The van der Waals surface area contributed by atoms with Crippen molar-refractivity contribution in [3.05, 3.63) is 27.8 Å². The summed E-state index contributed by atoms with van der Waals surface area (Å²) in [6, 6.07) is 1.91. The van der Waals surface area contributed by atoms with E-state index in [9.17, 15) is 18.5 Å². The number of benzene rings is 1. The summed E-state index contributed by atoms with van der Waals surface area (Å²) in [6.45, 7) is 3.64. The summed E-state index contributed by atoms with van der Waals surface area (Å²) in [5.41, 5.74) is 5.39. The van der Waals surface area contributed by atoms with Gasteiger partial charge in [-0.3, -0.25) is 10.1 Å².